The van der Waals surface area contributed by atoms with Crippen LogP contribution in [0.25, 0.3) is 22.4 Å². The molecule has 0 amide bonds. The Kier molecular flexibility index (Phi) is 4.37. The topological polar surface area (TPSA) is 98.1 Å². The highest BCUT2D eigenvalue weighted by molar-refractivity contribution is 7.89. The molecule has 6 nitrogen and oxygen atoms in total. The Bertz CT molecular complexity index is 930. The summed E-state index contributed by atoms with van der Waals surface area (Å²) in [4.78, 5) is 0.0772. The number of nitrogens with two attached hydrogens (primary N) is 1. The summed E-state index contributed by atoms with van der Waals surface area (Å²) in [5.41, 5.74) is 3.53. The van der Waals surface area contributed by atoms with Gasteiger partial charge in [0, 0.05) is 11.1 Å². The molecular weight excluding hydrogens is 326 g/mol. The van der Waals surface area contributed by atoms with E-state index in [0.717, 1.165) is 28.1 Å². The van der Waals surface area contributed by atoms with Gasteiger partial charge in [-0.15, -0.1) is 0 Å². The molecule has 0 atom stereocenters. The van der Waals surface area contributed by atoms with Gasteiger partial charge in [-0.25, -0.2) is 13.6 Å². The molecule has 3 N–H and O–H groups in total. The summed E-state index contributed by atoms with van der Waals surface area (Å²) in [7, 11) is -3.70. The van der Waals surface area contributed by atoms with Gasteiger partial charge >= 0.3 is 0 Å². The maximum absolute atomic E-state index is 11.4. The van der Waals surface area contributed by atoms with Gasteiger partial charge in [0.25, 0.3) is 0 Å². The fraction of sp³-hybridized carbons (Fsp3) is 0.118. The zero-order valence-corrected chi connectivity index (χ0v) is 13.9. The quantitative estimate of drug-likeness (QED) is 0.744. The lowest BCUT2D eigenvalue weighted by Gasteiger charge is -2.07. The smallest absolute Gasteiger partial charge is 0.238 e. The normalized spacial score (nSPS) is 11.4. The third-order valence-corrected chi connectivity index (χ3v) is 4.52. The van der Waals surface area contributed by atoms with Gasteiger partial charge in [-0.1, -0.05) is 24.3 Å². The van der Waals surface area contributed by atoms with Crippen LogP contribution in [0.15, 0.2) is 59.6 Å². The Hall–Kier alpha value is -2.64. The monoisotopic (exact) mass is 343 g/mol. The van der Waals surface area contributed by atoms with Crippen LogP contribution in [-0.4, -0.2) is 25.2 Å². The summed E-state index contributed by atoms with van der Waals surface area (Å²) in [6.07, 6.45) is 1.73. The fourth-order valence-corrected chi connectivity index (χ4v) is 2.95. The summed E-state index contributed by atoms with van der Waals surface area (Å²) in [6, 6.07) is 14.1. The number of primary sulfonamides is 1. The van der Waals surface area contributed by atoms with Crippen molar-refractivity contribution in [2.24, 2.45) is 5.14 Å². The number of aromatic nitrogens is 2. The van der Waals surface area contributed by atoms with Crippen LogP contribution in [0.4, 0.5) is 0 Å². The first kappa shape index (κ1) is 16.2. The lowest BCUT2D eigenvalue weighted by Crippen LogP contribution is -2.11. The minimum absolute atomic E-state index is 0.0772. The lowest BCUT2D eigenvalue weighted by molar-refractivity contribution is 0.340. The molecule has 3 aromatic rings. The van der Waals surface area contributed by atoms with Crippen molar-refractivity contribution in [3.05, 3.63) is 54.7 Å². The predicted octanol–water partition coefficient (Wildman–Crippen LogP) is 2.79. The van der Waals surface area contributed by atoms with Crippen molar-refractivity contribution in [2.75, 3.05) is 6.61 Å². The molecule has 124 valence electrons. The molecule has 24 heavy (non-hydrogen) atoms. The van der Waals surface area contributed by atoms with Crippen molar-refractivity contribution in [1.82, 2.24) is 10.2 Å². The van der Waals surface area contributed by atoms with Gasteiger partial charge in [-0.05, 0) is 36.8 Å². The molecule has 0 saturated carbocycles. The third kappa shape index (κ3) is 3.32. The van der Waals surface area contributed by atoms with E-state index in [1.165, 1.54) is 12.1 Å². The Balaban J connectivity index is 1.95. The Morgan fingerprint density at radius 1 is 1.04 bits per heavy atom. The van der Waals surface area contributed by atoms with E-state index in [1.807, 2.05) is 31.2 Å². The Labute approximate surface area is 140 Å². The van der Waals surface area contributed by atoms with E-state index in [9.17, 15) is 8.42 Å². The van der Waals surface area contributed by atoms with Crippen LogP contribution in [0.5, 0.6) is 5.75 Å². The van der Waals surface area contributed by atoms with Crippen LogP contribution in [0.3, 0.4) is 0 Å². The second-order valence-electron chi connectivity index (χ2n) is 5.19. The predicted molar refractivity (Wildman–Crippen MR) is 92.0 cm³/mol. The first-order chi connectivity index (χ1) is 11.5. The molecule has 2 aromatic carbocycles. The molecule has 0 saturated heterocycles. The van der Waals surface area contributed by atoms with Crippen LogP contribution in [0.2, 0.25) is 0 Å². The fourth-order valence-electron chi connectivity index (χ4n) is 2.43. The molecular formula is C17H17N3O3S. The summed E-state index contributed by atoms with van der Waals surface area (Å²) in [5, 5.41) is 12.2. The summed E-state index contributed by atoms with van der Waals surface area (Å²) < 4.78 is 28.1. The molecule has 0 bridgehead atoms. The molecule has 1 aromatic heterocycles. The minimum Gasteiger partial charge on any atom is -0.494 e. The van der Waals surface area contributed by atoms with Crippen LogP contribution in [0, 0.1) is 0 Å². The van der Waals surface area contributed by atoms with E-state index in [-0.39, 0.29) is 4.90 Å². The van der Waals surface area contributed by atoms with Gasteiger partial charge < -0.3 is 4.74 Å². The number of rotatable bonds is 5. The number of aromatic amines is 1. The highest BCUT2D eigenvalue weighted by atomic mass is 32.2. The molecule has 0 aliphatic heterocycles. The van der Waals surface area contributed by atoms with E-state index >= 15 is 0 Å². The largest absolute Gasteiger partial charge is 0.494 e. The molecule has 7 heteroatoms. The number of nitrogens with zero attached hydrogens (tertiary/aromatic N) is 1. The van der Waals surface area contributed by atoms with Crippen molar-refractivity contribution in [2.45, 2.75) is 11.8 Å². The molecule has 0 spiro atoms. The maximum Gasteiger partial charge on any atom is 0.238 e. The Morgan fingerprint density at radius 2 is 1.67 bits per heavy atom. The highest BCUT2D eigenvalue weighted by Gasteiger charge is 2.12. The van der Waals surface area contributed by atoms with Crippen molar-refractivity contribution >= 4 is 10.0 Å². The number of hydrogen-bond acceptors (Lipinski definition) is 4. The number of H-pyrrole nitrogens is 1. The number of hydrogen-bond donors (Lipinski definition) is 2. The van der Waals surface area contributed by atoms with Crippen molar-refractivity contribution in [1.29, 1.82) is 0 Å². The van der Waals surface area contributed by atoms with E-state index in [4.69, 9.17) is 9.88 Å². The van der Waals surface area contributed by atoms with Crippen LogP contribution < -0.4 is 9.88 Å². The van der Waals surface area contributed by atoms with Gasteiger partial charge in [0.1, 0.15) is 5.75 Å². The number of ether oxygens (including phenoxy) is 1. The van der Waals surface area contributed by atoms with Crippen LogP contribution in [-0.2, 0) is 10.0 Å². The molecule has 0 radical (unpaired) electrons. The first-order valence-electron chi connectivity index (χ1n) is 7.39. The third-order valence-electron chi connectivity index (χ3n) is 3.59. The maximum atomic E-state index is 11.4. The van der Waals surface area contributed by atoms with Crippen molar-refractivity contribution in [3.8, 4) is 28.1 Å². The molecule has 0 aliphatic rings. The molecule has 3 rings (SSSR count). The SMILES string of the molecule is CCOc1ccc(-c2cn[nH]c2-c2ccc(S(N)(=O)=O)cc2)cc1. The van der Waals surface area contributed by atoms with E-state index in [0.29, 0.717) is 6.61 Å². The second kappa shape index (κ2) is 6.46. The Morgan fingerprint density at radius 3 is 2.25 bits per heavy atom. The van der Waals surface area contributed by atoms with Gasteiger partial charge in [0.2, 0.25) is 10.0 Å². The lowest BCUT2D eigenvalue weighted by atomic mass is 10.0. The van der Waals surface area contributed by atoms with Crippen LogP contribution >= 0.6 is 0 Å². The average Bonchev–Trinajstić information content (AvgIpc) is 3.05. The number of benzene rings is 2. The zero-order chi connectivity index (χ0) is 17.2. The van der Waals surface area contributed by atoms with E-state index in [1.54, 1.807) is 18.3 Å². The number of sulfonamides is 1. The molecule has 0 fully saturated rings. The van der Waals surface area contributed by atoms with E-state index in [2.05, 4.69) is 10.2 Å². The molecule has 1 heterocycles. The molecule has 0 aliphatic carbocycles. The first-order valence-corrected chi connectivity index (χ1v) is 8.93. The second-order valence-corrected chi connectivity index (χ2v) is 6.75. The zero-order valence-electron chi connectivity index (χ0n) is 13.1. The average molecular weight is 343 g/mol. The summed E-state index contributed by atoms with van der Waals surface area (Å²) in [5.74, 6) is 0.809. The van der Waals surface area contributed by atoms with Crippen molar-refractivity contribution < 1.29 is 13.2 Å². The molecule has 0 unspecified atom stereocenters. The standard InChI is InChI=1S/C17H17N3O3S/c1-2-23-14-7-3-12(4-8-14)16-11-19-20-17(16)13-5-9-15(10-6-13)24(18,21)22/h3-11H,2H2,1H3,(H,19,20)(H2,18,21,22). The van der Waals surface area contributed by atoms with Crippen LogP contribution in [0.1, 0.15) is 6.92 Å². The van der Waals surface area contributed by atoms with Gasteiger partial charge in [-0.2, -0.15) is 5.10 Å². The number of nitrogens with one attached hydrogen (secondary N) is 1. The van der Waals surface area contributed by atoms with Crippen molar-refractivity contribution in [3.63, 3.8) is 0 Å². The van der Waals surface area contributed by atoms with E-state index < -0.39 is 10.0 Å². The summed E-state index contributed by atoms with van der Waals surface area (Å²) in [6.45, 7) is 2.56. The minimum atomic E-state index is -3.70. The van der Waals surface area contributed by atoms with Gasteiger partial charge in [0.15, 0.2) is 0 Å². The summed E-state index contributed by atoms with van der Waals surface area (Å²) >= 11 is 0. The highest BCUT2D eigenvalue weighted by Crippen LogP contribution is 2.31. The van der Waals surface area contributed by atoms with Gasteiger partial charge in [-0.3, -0.25) is 5.10 Å². The van der Waals surface area contributed by atoms with Gasteiger partial charge in [0.05, 0.1) is 23.4 Å².